The van der Waals surface area contributed by atoms with Crippen molar-refractivity contribution in [1.82, 2.24) is 39.0 Å². The molecule has 1 saturated heterocycles. The minimum atomic E-state index is -3.63. The highest BCUT2D eigenvalue weighted by atomic mass is 35.5. The normalized spacial score (nSPS) is 26.7. The lowest BCUT2D eigenvalue weighted by atomic mass is 9.70. The lowest BCUT2D eigenvalue weighted by Gasteiger charge is -2.45. The molecule has 4 aromatic heterocycles. The maximum absolute atomic E-state index is 10.6. The van der Waals surface area contributed by atoms with Crippen molar-refractivity contribution in [2.24, 2.45) is 11.8 Å². The third-order valence-corrected chi connectivity index (χ3v) is 17.3. The van der Waals surface area contributed by atoms with Crippen LogP contribution in [-0.4, -0.2) is 109 Å². The molecular formula is C31H43ClN9O7PSSi. The SMILES string of the molecule is [C-]#[N+]CCOP(=S)(OC[C@H]1C[C@@H](n2cnc3c(Cl)ncnc32)[C@@H]1CO)O[C@@H]1[C@H](O[Si](C)(C)C(C)(C)C)[C@@H](CO)O[C@H]1n1cnc2c(C)ncnc21. The molecule has 1 saturated carbocycles. The number of aryl methyl sites for hydroxylation is 1. The molecule has 276 valence electrons. The predicted molar refractivity (Wildman–Crippen MR) is 194 cm³/mol. The van der Waals surface area contributed by atoms with Crippen LogP contribution in [0.3, 0.4) is 0 Å². The third kappa shape index (κ3) is 7.49. The maximum atomic E-state index is 10.6. The standard InChI is InChI=1S/C31H43ClN9O7PSSi/c1-18-23-28(36-14-34-18)41(17-38-23)30-26(25(22(12-43)46-30)48-51(6,7)31(2,3)4)47-49(50,44-9-8-33-5)45-13-19-10-21(20(19)11-42)40-16-39-24-27(32)35-15-37-29(24)40/h14-17,19-22,25-26,30,42-43H,8-13H2,1-4,6-7H3/t19-,20-,21-,22-,25-,26-,30-,49?/m1/s1. The average Bonchev–Trinajstić information content (AvgIpc) is 3.77. The lowest BCUT2D eigenvalue weighted by molar-refractivity contribution is -0.0515. The van der Waals surface area contributed by atoms with Crippen LogP contribution in [0.1, 0.15) is 45.2 Å². The quantitative estimate of drug-likeness (QED) is 0.0595. The molecule has 2 fully saturated rings. The van der Waals surface area contributed by atoms with Gasteiger partial charge in [-0.25, -0.2) is 36.5 Å². The van der Waals surface area contributed by atoms with Crippen molar-refractivity contribution >= 4 is 60.8 Å². The van der Waals surface area contributed by atoms with E-state index in [-0.39, 0.29) is 61.0 Å². The first kappa shape index (κ1) is 38.2. The van der Waals surface area contributed by atoms with E-state index in [9.17, 15) is 10.2 Å². The van der Waals surface area contributed by atoms with Crippen LogP contribution < -0.4 is 0 Å². The molecule has 8 atom stereocenters. The Labute approximate surface area is 307 Å². The number of aliphatic hydroxyl groups excluding tert-OH is 2. The highest BCUT2D eigenvalue weighted by Gasteiger charge is 2.54. The van der Waals surface area contributed by atoms with E-state index in [0.717, 1.165) is 0 Å². The van der Waals surface area contributed by atoms with Crippen molar-refractivity contribution in [3.63, 3.8) is 0 Å². The highest BCUT2D eigenvalue weighted by Crippen LogP contribution is 2.57. The van der Waals surface area contributed by atoms with Crippen LogP contribution >= 0.6 is 18.3 Å². The van der Waals surface area contributed by atoms with Crippen molar-refractivity contribution < 1.29 is 32.9 Å². The number of fused-ring (bicyclic) bond motifs is 2. The fraction of sp³-hybridized carbons (Fsp3) is 0.645. The van der Waals surface area contributed by atoms with E-state index in [1.165, 1.54) is 12.7 Å². The van der Waals surface area contributed by atoms with Gasteiger partial charge in [-0.05, 0) is 49.2 Å². The Morgan fingerprint density at radius 1 is 1.02 bits per heavy atom. The van der Waals surface area contributed by atoms with Gasteiger partial charge in [0.2, 0.25) is 6.54 Å². The van der Waals surface area contributed by atoms with Gasteiger partial charge < -0.3 is 37.8 Å². The summed E-state index contributed by atoms with van der Waals surface area (Å²) in [6.45, 7) is 15.8. The fourth-order valence-electron chi connectivity index (χ4n) is 6.26. The van der Waals surface area contributed by atoms with Gasteiger partial charge in [-0.1, -0.05) is 32.4 Å². The number of aromatic nitrogens is 8. The number of aliphatic hydroxyl groups is 2. The van der Waals surface area contributed by atoms with Gasteiger partial charge in [0.05, 0.1) is 31.6 Å². The first-order valence-corrected chi connectivity index (χ1v) is 22.5. The number of ether oxygens (including phenoxy) is 1. The molecule has 2 aliphatic rings. The number of hydrogen-bond acceptors (Lipinski definition) is 14. The zero-order valence-corrected chi connectivity index (χ0v) is 32.8. The molecule has 0 spiro atoms. The summed E-state index contributed by atoms with van der Waals surface area (Å²) in [4.78, 5) is 29.5. The van der Waals surface area contributed by atoms with Crippen LogP contribution in [0.15, 0.2) is 25.3 Å². The molecule has 5 heterocycles. The summed E-state index contributed by atoms with van der Waals surface area (Å²) >= 11 is 12.3. The van der Waals surface area contributed by atoms with E-state index in [4.69, 9.17) is 52.7 Å². The van der Waals surface area contributed by atoms with Crippen LogP contribution in [-0.2, 0) is 34.5 Å². The Morgan fingerprint density at radius 2 is 1.71 bits per heavy atom. The van der Waals surface area contributed by atoms with Gasteiger partial charge in [0.1, 0.15) is 48.6 Å². The maximum Gasteiger partial charge on any atom is 0.327 e. The third-order valence-electron chi connectivity index (χ3n) is 10.2. The second kappa shape index (κ2) is 15.1. The summed E-state index contributed by atoms with van der Waals surface area (Å²) in [6.07, 6.45) is 3.37. The first-order valence-electron chi connectivity index (χ1n) is 16.6. The molecule has 0 aromatic carbocycles. The van der Waals surface area contributed by atoms with Crippen molar-refractivity contribution in [2.75, 3.05) is 33.0 Å². The summed E-state index contributed by atoms with van der Waals surface area (Å²) in [7, 11) is -2.48. The monoisotopic (exact) mass is 779 g/mol. The summed E-state index contributed by atoms with van der Waals surface area (Å²) in [5.74, 6) is -0.318. The molecular weight excluding hydrogens is 737 g/mol. The summed E-state index contributed by atoms with van der Waals surface area (Å²) in [6, 6.07) is -0.110. The second-order valence-corrected chi connectivity index (χ2v) is 22.4. The number of rotatable bonds is 14. The number of imidazole rings is 2. The van der Waals surface area contributed by atoms with Crippen LogP contribution in [0.5, 0.6) is 0 Å². The second-order valence-electron chi connectivity index (χ2n) is 14.3. The van der Waals surface area contributed by atoms with Gasteiger partial charge in [0.25, 0.3) is 0 Å². The van der Waals surface area contributed by atoms with Gasteiger partial charge in [-0.15, -0.1) is 0 Å². The predicted octanol–water partition coefficient (Wildman–Crippen LogP) is 4.64. The molecule has 16 nitrogen and oxygen atoms in total. The molecule has 1 unspecified atom stereocenters. The van der Waals surface area contributed by atoms with Crippen LogP contribution in [0.25, 0.3) is 27.2 Å². The van der Waals surface area contributed by atoms with Crippen LogP contribution in [0.2, 0.25) is 23.3 Å². The molecule has 2 N–H and O–H groups in total. The topological polar surface area (TPSA) is 178 Å². The largest absolute Gasteiger partial charge is 0.408 e. The zero-order valence-electron chi connectivity index (χ0n) is 29.3. The van der Waals surface area contributed by atoms with Crippen molar-refractivity contribution in [2.45, 2.75) is 82.8 Å². The molecule has 0 radical (unpaired) electrons. The van der Waals surface area contributed by atoms with E-state index < -0.39 is 39.6 Å². The van der Waals surface area contributed by atoms with Gasteiger partial charge in [-0.2, -0.15) is 0 Å². The van der Waals surface area contributed by atoms with E-state index in [0.29, 0.717) is 34.4 Å². The van der Waals surface area contributed by atoms with Crippen molar-refractivity contribution in [3.8, 4) is 0 Å². The number of hydrogen-bond donors (Lipinski definition) is 2. The van der Waals surface area contributed by atoms with Crippen molar-refractivity contribution in [1.29, 1.82) is 0 Å². The Hall–Kier alpha value is -2.53. The van der Waals surface area contributed by atoms with Gasteiger partial charge in [0.15, 0.2) is 31.0 Å². The average molecular weight is 780 g/mol. The zero-order chi connectivity index (χ0) is 36.7. The molecule has 6 rings (SSSR count). The molecule has 0 amide bonds. The van der Waals surface area contributed by atoms with Gasteiger partial charge in [0, 0.05) is 18.6 Å². The molecule has 20 heteroatoms. The lowest BCUT2D eigenvalue weighted by Crippen LogP contribution is -2.50. The molecule has 4 aromatic rings. The molecule has 1 aliphatic heterocycles. The number of halogens is 1. The van der Waals surface area contributed by atoms with E-state index >= 15 is 0 Å². The van der Waals surface area contributed by atoms with E-state index in [2.05, 4.69) is 68.6 Å². The first-order chi connectivity index (χ1) is 24.2. The smallest absolute Gasteiger partial charge is 0.327 e. The van der Waals surface area contributed by atoms with E-state index in [1.54, 1.807) is 17.2 Å². The Morgan fingerprint density at radius 3 is 2.39 bits per heavy atom. The highest BCUT2D eigenvalue weighted by molar-refractivity contribution is 8.07. The fourth-order valence-corrected chi connectivity index (χ4v) is 9.86. The summed E-state index contributed by atoms with van der Waals surface area (Å²) in [5, 5.41) is 21.1. The Bertz CT molecular complexity index is 1960. The van der Waals surface area contributed by atoms with Crippen molar-refractivity contribution in [3.05, 3.63) is 47.6 Å². The molecule has 1 aliphatic carbocycles. The summed E-state index contributed by atoms with van der Waals surface area (Å²) < 4.78 is 36.3. The summed E-state index contributed by atoms with van der Waals surface area (Å²) in [5.41, 5.74) is 2.86. The molecule has 51 heavy (non-hydrogen) atoms. The minimum absolute atomic E-state index is 0.0190. The van der Waals surface area contributed by atoms with Gasteiger partial charge >= 0.3 is 6.72 Å². The minimum Gasteiger partial charge on any atom is -0.408 e. The molecule has 0 bridgehead atoms. The van der Waals surface area contributed by atoms with Crippen LogP contribution in [0.4, 0.5) is 0 Å². The van der Waals surface area contributed by atoms with Crippen LogP contribution in [0, 0.1) is 25.3 Å². The van der Waals surface area contributed by atoms with Gasteiger partial charge in [-0.3, -0.25) is 9.09 Å². The Balaban J connectivity index is 1.29. The van der Waals surface area contributed by atoms with E-state index in [1.807, 2.05) is 11.5 Å². The Kier molecular flexibility index (Phi) is 11.3. The number of nitrogens with zero attached hydrogens (tertiary/aromatic N) is 9.